The first-order valence-corrected chi connectivity index (χ1v) is 14.8. The Morgan fingerprint density at radius 2 is 1.40 bits per heavy atom. The maximum Gasteiger partial charge on any atom is 0.135 e. The summed E-state index contributed by atoms with van der Waals surface area (Å²) >= 11 is 0. The summed E-state index contributed by atoms with van der Waals surface area (Å²) in [6, 6.07) is 38.8. The summed E-state index contributed by atoms with van der Waals surface area (Å²) in [7, 11) is 6.66. The van der Waals surface area contributed by atoms with Gasteiger partial charge in [-0.3, -0.25) is 0 Å². The van der Waals surface area contributed by atoms with Crippen molar-refractivity contribution in [2.75, 3.05) is 0 Å². The van der Waals surface area contributed by atoms with Crippen molar-refractivity contribution in [2.45, 2.75) is 27.1 Å². The van der Waals surface area contributed by atoms with E-state index in [4.69, 9.17) is 4.42 Å². The summed E-state index contributed by atoms with van der Waals surface area (Å²) in [6.07, 6.45) is 4.91. The van der Waals surface area contributed by atoms with Gasteiger partial charge in [0.15, 0.2) is 0 Å². The molecule has 0 saturated carbocycles. The van der Waals surface area contributed by atoms with Crippen LogP contribution in [0.2, 0.25) is 6.82 Å². The molecule has 3 heterocycles. The van der Waals surface area contributed by atoms with Gasteiger partial charge in [0, 0.05) is 61.6 Å². The van der Waals surface area contributed by atoms with Crippen LogP contribution in [0.3, 0.4) is 0 Å². The van der Waals surface area contributed by atoms with Gasteiger partial charge < -0.3 is 14.0 Å². The average molecular weight is 559 g/mol. The standard InChI is InChI=1S/C26H20N2.C12H12O.CH3B/c1-28-24-11-5-3-9-21(24)26-18(7-6-12-25(26)28)15-17-13-14-20-19-8-2-4-10-22(19)27-23(20)16-17;1-3-6-11-9(2)10-7-4-5-8-12(10)13-11;1-2/h2-14,16,27H,15H2,1H3;3-8H,1-2H3;1H3/b;6-3-;. The van der Waals surface area contributed by atoms with Crippen LogP contribution in [0.4, 0.5) is 0 Å². The van der Waals surface area contributed by atoms with E-state index in [1.807, 2.05) is 37.3 Å². The Morgan fingerprint density at radius 3 is 2.19 bits per heavy atom. The molecule has 2 radical (unpaired) electrons. The number of hydrogen-bond acceptors (Lipinski definition) is 1. The van der Waals surface area contributed by atoms with E-state index in [2.05, 4.69) is 122 Å². The van der Waals surface area contributed by atoms with Crippen LogP contribution in [0, 0.1) is 6.92 Å². The number of nitrogens with one attached hydrogen (secondary N) is 1. The van der Waals surface area contributed by atoms with Gasteiger partial charge in [-0.15, -0.1) is 0 Å². The number of aromatic amines is 1. The molecule has 0 atom stereocenters. The van der Waals surface area contributed by atoms with Crippen molar-refractivity contribution in [3.8, 4) is 0 Å². The molecule has 8 rings (SSSR count). The zero-order valence-corrected chi connectivity index (χ0v) is 25.2. The van der Waals surface area contributed by atoms with Crippen LogP contribution in [0.1, 0.15) is 29.4 Å². The Hall–Kier alpha value is -4.96. The zero-order valence-electron chi connectivity index (χ0n) is 25.2. The number of H-pyrrole nitrogens is 1. The van der Waals surface area contributed by atoms with Gasteiger partial charge in [0.05, 0.1) is 7.85 Å². The lowest BCUT2D eigenvalue weighted by molar-refractivity contribution is 0.601. The molecule has 0 spiro atoms. The highest BCUT2D eigenvalue weighted by atomic mass is 16.3. The second kappa shape index (κ2) is 12.1. The number of nitrogens with zero attached hydrogens (tertiary/aromatic N) is 1. The minimum atomic E-state index is 0.927. The highest BCUT2D eigenvalue weighted by molar-refractivity contribution is 6.10. The number of fused-ring (bicyclic) bond motifs is 7. The Kier molecular flexibility index (Phi) is 7.94. The minimum absolute atomic E-state index is 0.927. The molecule has 0 aliphatic heterocycles. The fourth-order valence-electron chi connectivity index (χ4n) is 6.17. The fourth-order valence-corrected chi connectivity index (χ4v) is 6.17. The second-order valence-corrected chi connectivity index (χ2v) is 10.7. The highest BCUT2D eigenvalue weighted by Gasteiger charge is 2.12. The lowest BCUT2D eigenvalue weighted by Crippen LogP contribution is -1.91. The third-order valence-electron chi connectivity index (χ3n) is 8.19. The number of hydrogen-bond donors (Lipinski definition) is 1. The van der Waals surface area contributed by atoms with Gasteiger partial charge in [-0.05, 0) is 67.8 Å². The van der Waals surface area contributed by atoms with E-state index in [0.717, 1.165) is 17.8 Å². The van der Waals surface area contributed by atoms with Crippen molar-refractivity contribution < 1.29 is 4.42 Å². The number of allylic oxidation sites excluding steroid dienone is 1. The van der Waals surface area contributed by atoms with E-state index < -0.39 is 0 Å². The van der Waals surface area contributed by atoms with Crippen molar-refractivity contribution in [2.24, 2.45) is 7.05 Å². The molecule has 210 valence electrons. The SMILES string of the molecule is C/C=C\c1oc2ccccc2c1C.Cn1c2ccccc2c2c(Cc3ccc4c(c3)[nH]c3ccccc34)cccc21.[B]C. The third kappa shape index (κ3) is 5.14. The summed E-state index contributed by atoms with van der Waals surface area (Å²) < 4.78 is 7.95. The maximum absolute atomic E-state index is 5.65. The van der Waals surface area contributed by atoms with Crippen molar-refractivity contribution in [3.63, 3.8) is 0 Å². The molecular weight excluding hydrogens is 523 g/mol. The quantitative estimate of drug-likeness (QED) is 0.215. The van der Waals surface area contributed by atoms with Gasteiger partial charge in [0.25, 0.3) is 0 Å². The van der Waals surface area contributed by atoms with E-state index in [1.54, 1.807) is 0 Å². The van der Waals surface area contributed by atoms with Crippen LogP contribution in [-0.4, -0.2) is 17.4 Å². The molecule has 3 nitrogen and oxygen atoms in total. The first kappa shape index (κ1) is 28.2. The van der Waals surface area contributed by atoms with Crippen LogP contribution in [-0.2, 0) is 13.5 Å². The third-order valence-corrected chi connectivity index (χ3v) is 8.19. The fraction of sp³-hybridized carbons (Fsp3) is 0.128. The van der Waals surface area contributed by atoms with Crippen LogP contribution in [0.25, 0.3) is 60.7 Å². The van der Waals surface area contributed by atoms with Gasteiger partial charge in [0.2, 0.25) is 0 Å². The molecule has 0 bridgehead atoms. The molecule has 4 heteroatoms. The van der Waals surface area contributed by atoms with Crippen molar-refractivity contribution in [3.05, 3.63) is 138 Å². The lowest BCUT2D eigenvalue weighted by atomic mass is 9.98. The smallest absolute Gasteiger partial charge is 0.135 e. The van der Waals surface area contributed by atoms with E-state index in [9.17, 15) is 0 Å². The topological polar surface area (TPSA) is 33.9 Å². The van der Waals surface area contributed by atoms with Gasteiger partial charge in [0.1, 0.15) is 11.3 Å². The molecule has 0 aliphatic carbocycles. The van der Waals surface area contributed by atoms with E-state index >= 15 is 0 Å². The van der Waals surface area contributed by atoms with Crippen LogP contribution in [0.15, 0.2) is 120 Å². The summed E-state index contributed by atoms with van der Waals surface area (Å²) in [4.78, 5) is 3.57. The molecule has 0 saturated heterocycles. The normalized spacial score (nSPS) is 11.3. The summed E-state index contributed by atoms with van der Waals surface area (Å²) in [5.41, 5.74) is 9.89. The highest BCUT2D eigenvalue weighted by Crippen LogP contribution is 2.33. The monoisotopic (exact) mass is 558 g/mol. The molecule has 43 heavy (non-hydrogen) atoms. The first-order chi connectivity index (χ1) is 21.1. The van der Waals surface area contributed by atoms with E-state index in [-0.39, 0.29) is 0 Å². The lowest BCUT2D eigenvalue weighted by Gasteiger charge is -2.06. The summed E-state index contributed by atoms with van der Waals surface area (Å²) in [5, 5.41) is 6.50. The predicted molar refractivity (Wildman–Crippen MR) is 186 cm³/mol. The Labute approximate surface area is 253 Å². The van der Waals surface area contributed by atoms with E-state index in [1.165, 1.54) is 72.5 Å². The van der Waals surface area contributed by atoms with Gasteiger partial charge in [-0.25, -0.2) is 0 Å². The van der Waals surface area contributed by atoms with Crippen LogP contribution < -0.4 is 0 Å². The predicted octanol–water partition coefficient (Wildman–Crippen LogP) is 10.5. The molecule has 5 aromatic carbocycles. The maximum atomic E-state index is 5.65. The Morgan fingerprint density at radius 1 is 0.721 bits per heavy atom. The zero-order chi connectivity index (χ0) is 29.9. The summed E-state index contributed by atoms with van der Waals surface area (Å²) in [6.45, 7) is 5.58. The number of rotatable bonds is 3. The number of para-hydroxylation sites is 3. The van der Waals surface area contributed by atoms with Crippen LogP contribution >= 0.6 is 0 Å². The van der Waals surface area contributed by atoms with Gasteiger partial charge in [-0.1, -0.05) is 91.8 Å². The average Bonchev–Trinajstić information content (AvgIpc) is 3.68. The molecular formula is C39H35BN2O. The number of furan rings is 1. The van der Waals surface area contributed by atoms with Crippen molar-refractivity contribution >= 4 is 68.5 Å². The minimum Gasteiger partial charge on any atom is -0.456 e. The summed E-state index contributed by atoms with van der Waals surface area (Å²) in [5.74, 6) is 0.962. The molecule has 1 N–H and O–H groups in total. The Balaban J connectivity index is 0.000000185. The molecule has 0 aliphatic rings. The molecule has 3 aromatic heterocycles. The van der Waals surface area contributed by atoms with Crippen molar-refractivity contribution in [1.29, 1.82) is 0 Å². The first-order valence-electron chi connectivity index (χ1n) is 14.8. The number of aromatic nitrogens is 2. The molecule has 8 aromatic rings. The van der Waals surface area contributed by atoms with Gasteiger partial charge in [-0.2, -0.15) is 0 Å². The van der Waals surface area contributed by atoms with Gasteiger partial charge >= 0.3 is 0 Å². The number of aryl methyl sites for hydroxylation is 2. The molecule has 0 unspecified atom stereocenters. The Bertz CT molecular complexity index is 2230. The number of benzene rings is 5. The van der Waals surface area contributed by atoms with Crippen molar-refractivity contribution in [1.82, 2.24) is 9.55 Å². The second-order valence-electron chi connectivity index (χ2n) is 10.7. The molecule has 0 fully saturated rings. The largest absolute Gasteiger partial charge is 0.456 e. The van der Waals surface area contributed by atoms with E-state index in [0.29, 0.717) is 0 Å². The van der Waals surface area contributed by atoms with Crippen LogP contribution in [0.5, 0.6) is 0 Å². The molecule has 0 amide bonds.